The first kappa shape index (κ1) is 21.2. The first-order valence-electron chi connectivity index (χ1n) is 12.1. The molecule has 0 spiro atoms. The predicted octanol–water partition coefficient (Wildman–Crippen LogP) is 10.0. The summed E-state index contributed by atoms with van der Waals surface area (Å²) in [6.07, 6.45) is 0. The van der Waals surface area contributed by atoms with Crippen LogP contribution in [-0.2, 0) is 0 Å². The molecule has 7 aromatic rings. The summed E-state index contributed by atoms with van der Waals surface area (Å²) in [5.41, 5.74) is 8.54. The minimum atomic E-state index is 1.09. The number of rotatable bonds is 3. The zero-order valence-corrected chi connectivity index (χ0v) is 21.1. The third-order valence-corrected chi connectivity index (χ3v) is 7.58. The number of aromatic nitrogens is 1. The zero-order chi connectivity index (χ0) is 24.1. The molecule has 0 unspecified atom stereocenters. The summed E-state index contributed by atoms with van der Waals surface area (Å²) in [4.78, 5) is 0. The maximum atomic E-state index is 3.54. The lowest BCUT2D eigenvalue weighted by Crippen LogP contribution is -1.95. The van der Waals surface area contributed by atoms with Crippen molar-refractivity contribution >= 4 is 48.5 Å². The lowest BCUT2D eigenvalue weighted by atomic mass is 9.98. The van der Waals surface area contributed by atoms with Gasteiger partial charge in [0.2, 0.25) is 0 Å². The van der Waals surface area contributed by atoms with Crippen LogP contribution in [0.5, 0.6) is 0 Å². The fourth-order valence-corrected chi connectivity index (χ4v) is 5.60. The number of para-hydroxylation sites is 1. The van der Waals surface area contributed by atoms with E-state index in [0.29, 0.717) is 0 Å². The average Bonchev–Trinajstić information content (AvgIpc) is 3.27. The van der Waals surface area contributed by atoms with Crippen LogP contribution >= 0.6 is 15.9 Å². The van der Waals surface area contributed by atoms with Crippen molar-refractivity contribution in [3.05, 3.63) is 138 Å². The van der Waals surface area contributed by atoms with Gasteiger partial charge in [-0.15, -0.1) is 0 Å². The third-order valence-electron chi connectivity index (χ3n) is 7.05. The Kier molecular flexibility index (Phi) is 5.00. The van der Waals surface area contributed by atoms with Gasteiger partial charge in [-0.2, -0.15) is 0 Å². The summed E-state index contributed by atoms with van der Waals surface area (Å²) in [5, 5.41) is 5.05. The molecule has 1 heterocycles. The van der Waals surface area contributed by atoms with Crippen molar-refractivity contribution in [2.75, 3.05) is 0 Å². The van der Waals surface area contributed by atoms with Gasteiger partial charge in [-0.3, -0.25) is 0 Å². The van der Waals surface area contributed by atoms with E-state index >= 15 is 0 Å². The van der Waals surface area contributed by atoms with Crippen molar-refractivity contribution in [3.63, 3.8) is 0 Å². The molecule has 1 aromatic heterocycles. The van der Waals surface area contributed by atoms with E-state index in [9.17, 15) is 0 Å². The van der Waals surface area contributed by atoms with Gasteiger partial charge in [-0.25, -0.2) is 0 Å². The van der Waals surface area contributed by atoms with Crippen LogP contribution in [0.15, 0.2) is 138 Å². The molecule has 0 atom stereocenters. The molecule has 0 aliphatic carbocycles. The summed E-state index contributed by atoms with van der Waals surface area (Å²) in [7, 11) is 0. The van der Waals surface area contributed by atoms with Gasteiger partial charge in [0.15, 0.2) is 0 Å². The minimum absolute atomic E-state index is 1.09. The van der Waals surface area contributed by atoms with Crippen LogP contribution in [0.25, 0.3) is 60.5 Å². The molecule has 0 fully saturated rings. The van der Waals surface area contributed by atoms with Crippen LogP contribution in [0.3, 0.4) is 0 Å². The van der Waals surface area contributed by atoms with Gasteiger partial charge < -0.3 is 4.57 Å². The second kappa shape index (κ2) is 8.51. The third kappa shape index (κ3) is 3.45. The Morgan fingerprint density at radius 3 is 1.89 bits per heavy atom. The van der Waals surface area contributed by atoms with Crippen molar-refractivity contribution in [1.29, 1.82) is 0 Å². The van der Waals surface area contributed by atoms with Crippen LogP contribution in [0.1, 0.15) is 0 Å². The second-order valence-corrected chi connectivity index (χ2v) is 10.1. The molecule has 0 bridgehead atoms. The molecular formula is C34H22BrN. The molecule has 36 heavy (non-hydrogen) atoms. The number of nitrogens with zero attached hydrogens (tertiary/aromatic N) is 1. The number of benzene rings is 6. The summed E-state index contributed by atoms with van der Waals surface area (Å²) in [6, 6.07) is 48.1. The average molecular weight is 524 g/mol. The summed E-state index contributed by atoms with van der Waals surface area (Å²) >= 11 is 3.54. The maximum absolute atomic E-state index is 3.54. The van der Waals surface area contributed by atoms with Crippen molar-refractivity contribution < 1.29 is 0 Å². The molecule has 7 rings (SSSR count). The molecule has 0 saturated heterocycles. The van der Waals surface area contributed by atoms with Crippen LogP contribution in [0, 0.1) is 0 Å². The highest BCUT2D eigenvalue weighted by atomic mass is 79.9. The molecule has 0 aliphatic heterocycles. The standard InChI is InChI=1S/C34H22BrN/c35-28-18-15-23(16-19-28)25-9-5-10-26(21-25)27-17-20-34-31(22-27)30-12-3-4-13-33(30)36(34)32-14-6-8-24-7-1-2-11-29(24)32/h1-22H. The predicted molar refractivity (Wildman–Crippen MR) is 157 cm³/mol. The molecule has 2 heteroatoms. The van der Waals surface area contributed by atoms with Gasteiger partial charge in [0.05, 0.1) is 16.7 Å². The summed E-state index contributed by atoms with van der Waals surface area (Å²) < 4.78 is 3.50. The number of fused-ring (bicyclic) bond motifs is 4. The molecule has 0 N–H and O–H groups in total. The minimum Gasteiger partial charge on any atom is -0.309 e. The van der Waals surface area contributed by atoms with Crippen LogP contribution in [0.4, 0.5) is 0 Å². The van der Waals surface area contributed by atoms with E-state index in [2.05, 4.69) is 154 Å². The highest BCUT2D eigenvalue weighted by Gasteiger charge is 2.15. The lowest BCUT2D eigenvalue weighted by molar-refractivity contribution is 1.20. The van der Waals surface area contributed by atoms with Gasteiger partial charge in [0, 0.05) is 20.6 Å². The normalized spacial score (nSPS) is 11.5. The number of hydrogen-bond acceptors (Lipinski definition) is 0. The smallest absolute Gasteiger partial charge is 0.0541 e. The highest BCUT2D eigenvalue weighted by Crippen LogP contribution is 2.37. The first-order chi connectivity index (χ1) is 17.8. The molecule has 0 saturated carbocycles. The monoisotopic (exact) mass is 523 g/mol. The number of halogens is 1. The van der Waals surface area contributed by atoms with Crippen molar-refractivity contribution in [1.82, 2.24) is 4.57 Å². The summed E-state index contributed by atoms with van der Waals surface area (Å²) in [6.45, 7) is 0. The SMILES string of the molecule is Brc1ccc(-c2cccc(-c3ccc4c(c3)c3ccccc3n4-c3cccc4ccccc34)c2)cc1. The molecule has 0 amide bonds. The fraction of sp³-hybridized carbons (Fsp3) is 0. The Bertz CT molecular complexity index is 1890. The lowest BCUT2D eigenvalue weighted by Gasteiger charge is -2.12. The summed E-state index contributed by atoms with van der Waals surface area (Å²) in [5.74, 6) is 0. The fourth-order valence-electron chi connectivity index (χ4n) is 5.34. The second-order valence-electron chi connectivity index (χ2n) is 9.17. The zero-order valence-electron chi connectivity index (χ0n) is 19.5. The van der Waals surface area contributed by atoms with Gasteiger partial charge in [-0.05, 0) is 70.1 Å². The Balaban J connectivity index is 1.44. The van der Waals surface area contributed by atoms with Gasteiger partial charge in [0.25, 0.3) is 0 Å². The molecule has 6 aromatic carbocycles. The highest BCUT2D eigenvalue weighted by molar-refractivity contribution is 9.10. The molecule has 1 nitrogen and oxygen atoms in total. The number of hydrogen-bond donors (Lipinski definition) is 0. The molecule has 0 aliphatic rings. The Hall–Kier alpha value is -4.14. The molecule has 170 valence electrons. The Morgan fingerprint density at radius 2 is 1.03 bits per heavy atom. The van der Waals surface area contributed by atoms with Crippen LogP contribution in [0.2, 0.25) is 0 Å². The quantitative estimate of drug-likeness (QED) is 0.217. The molecule has 0 radical (unpaired) electrons. The van der Waals surface area contributed by atoms with E-state index in [-0.39, 0.29) is 0 Å². The van der Waals surface area contributed by atoms with E-state index in [0.717, 1.165) is 4.47 Å². The Labute approximate surface area is 218 Å². The largest absolute Gasteiger partial charge is 0.309 e. The van der Waals surface area contributed by atoms with Gasteiger partial charge >= 0.3 is 0 Å². The van der Waals surface area contributed by atoms with E-state index in [1.54, 1.807) is 0 Å². The maximum Gasteiger partial charge on any atom is 0.0541 e. The van der Waals surface area contributed by atoms with Crippen molar-refractivity contribution in [3.8, 4) is 27.9 Å². The van der Waals surface area contributed by atoms with Gasteiger partial charge in [0.1, 0.15) is 0 Å². The Morgan fingerprint density at radius 1 is 0.417 bits per heavy atom. The van der Waals surface area contributed by atoms with Crippen LogP contribution in [-0.4, -0.2) is 4.57 Å². The topological polar surface area (TPSA) is 4.93 Å². The van der Waals surface area contributed by atoms with E-state index in [4.69, 9.17) is 0 Å². The van der Waals surface area contributed by atoms with E-state index < -0.39 is 0 Å². The van der Waals surface area contributed by atoms with Crippen molar-refractivity contribution in [2.24, 2.45) is 0 Å². The molecular weight excluding hydrogens is 502 g/mol. The van der Waals surface area contributed by atoms with Crippen molar-refractivity contribution in [2.45, 2.75) is 0 Å². The van der Waals surface area contributed by atoms with Crippen LogP contribution < -0.4 is 0 Å². The van der Waals surface area contributed by atoms with E-state index in [1.165, 1.54) is 60.5 Å². The van der Waals surface area contributed by atoms with Gasteiger partial charge in [-0.1, -0.05) is 107 Å². The first-order valence-corrected chi connectivity index (χ1v) is 12.9. The van der Waals surface area contributed by atoms with E-state index in [1.807, 2.05) is 0 Å².